The molecule has 0 spiro atoms. The fourth-order valence-corrected chi connectivity index (χ4v) is 8.83. The number of carboxylic acid groups (broad SMARTS) is 1. The summed E-state index contributed by atoms with van der Waals surface area (Å²) < 4.78 is 39.4. The van der Waals surface area contributed by atoms with E-state index in [1.165, 1.54) is 19.1 Å². The number of aldehydes is 1. The molecule has 39 heavy (non-hydrogen) atoms. The molecule has 10 unspecified atom stereocenters. The maximum Gasteiger partial charge on any atom is 0.310 e. The van der Waals surface area contributed by atoms with Crippen LogP contribution in [-0.2, 0) is 23.9 Å². The van der Waals surface area contributed by atoms with E-state index in [1.54, 1.807) is 20.8 Å². The van der Waals surface area contributed by atoms with Crippen molar-refractivity contribution in [3.05, 3.63) is 23.8 Å². The molecule has 0 aromatic heterocycles. The van der Waals surface area contributed by atoms with E-state index in [2.05, 4.69) is 0 Å². The number of hydrogen-bond donors (Lipinski definition) is 2. The molecule has 0 radical (unpaired) electrons. The molecule has 3 fully saturated rings. The van der Waals surface area contributed by atoms with E-state index in [9.17, 15) is 29.4 Å². The van der Waals surface area contributed by atoms with Crippen LogP contribution in [0.5, 0.6) is 0 Å². The Morgan fingerprint density at radius 3 is 2.59 bits per heavy atom. The number of alkyl halides is 2. The molecule has 0 aromatic carbocycles. The van der Waals surface area contributed by atoms with Crippen LogP contribution in [0, 0.1) is 34.5 Å². The van der Waals surface area contributed by atoms with Gasteiger partial charge < -0.3 is 19.7 Å². The molecular formula is C30H40F2O7. The van der Waals surface area contributed by atoms with Crippen molar-refractivity contribution in [1.29, 1.82) is 0 Å². The lowest BCUT2D eigenvalue weighted by atomic mass is 9.43. The number of halogens is 2. The number of aliphatic carboxylic acids is 1. The van der Waals surface area contributed by atoms with Crippen LogP contribution in [0.1, 0.15) is 79.1 Å². The summed E-state index contributed by atoms with van der Waals surface area (Å²) in [6.07, 6.45) is 2.02. The first-order valence-corrected chi connectivity index (χ1v) is 14.1. The highest BCUT2D eigenvalue weighted by molar-refractivity contribution is 6.01. The normalized spacial score (nSPS) is 42.4. The second kappa shape index (κ2) is 10.2. The van der Waals surface area contributed by atoms with Gasteiger partial charge in [-0.1, -0.05) is 26.8 Å². The summed E-state index contributed by atoms with van der Waals surface area (Å²) in [6, 6.07) is 0. The maximum absolute atomic E-state index is 17.5. The van der Waals surface area contributed by atoms with Gasteiger partial charge in [0.2, 0.25) is 0 Å². The number of aliphatic hydroxyl groups is 1. The minimum absolute atomic E-state index is 0.0148. The number of fused-ring (bicyclic) bond motifs is 5. The van der Waals surface area contributed by atoms with Gasteiger partial charge in [0.05, 0.1) is 12.0 Å². The molecule has 0 bridgehead atoms. The van der Waals surface area contributed by atoms with Gasteiger partial charge in [0.1, 0.15) is 18.1 Å². The van der Waals surface area contributed by atoms with E-state index < -0.39 is 75.8 Å². The molecule has 7 nitrogen and oxygen atoms in total. The summed E-state index contributed by atoms with van der Waals surface area (Å²) >= 11 is 0. The molecule has 216 valence electrons. The van der Waals surface area contributed by atoms with Gasteiger partial charge in [-0.2, -0.15) is 0 Å². The predicted octanol–water partition coefficient (Wildman–Crippen LogP) is 4.70. The number of carbonyl (C=O) groups excluding carboxylic acids is 3. The van der Waals surface area contributed by atoms with Gasteiger partial charge in [-0.15, -0.1) is 0 Å². The Kier molecular flexibility index (Phi) is 7.73. The van der Waals surface area contributed by atoms with Crippen LogP contribution in [0.25, 0.3) is 0 Å². The van der Waals surface area contributed by atoms with E-state index >= 15 is 8.78 Å². The Bertz CT molecular complexity index is 1100. The molecule has 4 aliphatic carbocycles. The molecular weight excluding hydrogens is 510 g/mol. The van der Waals surface area contributed by atoms with E-state index in [1.807, 2.05) is 0 Å². The number of esters is 1. The molecule has 2 N–H and O–H groups in total. The molecule has 4 aliphatic rings. The Hall–Kier alpha value is -2.42. The van der Waals surface area contributed by atoms with Gasteiger partial charge >= 0.3 is 11.9 Å². The SMILES string of the molecule is CCCC(=O)OC1(C(C(=O)O)C(C)CCC=O)CCC2C3CC(F)C4=CC(=O)C=CC4(C)C3(F)C(O)CC21C. The third kappa shape index (κ3) is 4.13. The monoisotopic (exact) mass is 550 g/mol. The number of carboxylic acids is 1. The van der Waals surface area contributed by atoms with Crippen LogP contribution in [0.2, 0.25) is 0 Å². The van der Waals surface area contributed by atoms with Crippen molar-refractivity contribution in [1.82, 2.24) is 0 Å². The van der Waals surface area contributed by atoms with Gasteiger partial charge in [0.25, 0.3) is 0 Å². The van der Waals surface area contributed by atoms with Crippen molar-refractivity contribution < 1.29 is 42.9 Å². The minimum atomic E-state index is -2.31. The lowest BCUT2D eigenvalue weighted by molar-refractivity contribution is -0.244. The third-order valence-electron chi connectivity index (χ3n) is 10.6. The van der Waals surface area contributed by atoms with Crippen LogP contribution >= 0.6 is 0 Å². The van der Waals surface area contributed by atoms with Crippen LogP contribution in [-0.4, -0.2) is 57.8 Å². The van der Waals surface area contributed by atoms with E-state index in [4.69, 9.17) is 4.74 Å². The standard InChI is InChI=1S/C30H40F2O7/c1-5-7-24(36)39-29(25(26(37)38)17(2)8-6-13-33)12-10-19-20-15-22(31)21-14-18(34)9-11-27(21,3)30(20,32)23(35)16-28(19,29)4/h9,11,13-14,17,19-20,22-23,25,35H,5-8,10,12,15-16H2,1-4H3,(H,37,38). The minimum Gasteiger partial charge on any atom is -0.481 e. The Balaban J connectivity index is 1.86. The lowest BCUT2D eigenvalue weighted by Crippen LogP contribution is -2.71. The summed E-state index contributed by atoms with van der Waals surface area (Å²) in [7, 11) is 0. The molecule has 3 saturated carbocycles. The second-order valence-corrected chi connectivity index (χ2v) is 12.5. The molecule has 4 rings (SSSR count). The number of carbonyl (C=O) groups is 4. The van der Waals surface area contributed by atoms with E-state index in [0.29, 0.717) is 12.7 Å². The van der Waals surface area contributed by atoms with Gasteiger partial charge in [-0.25, -0.2) is 8.78 Å². The smallest absolute Gasteiger partial charge is 0.310 e. The Morgan fingerprint density at radius 2 is 1.97 bits per heavy atom. The molecule has 0 aromatic rings. The Morgan fingerprint density at radius 1 is 1.28 bits per heavy atom. The number of allylic oxidation sites excluding steroid dienone is 4. The van der Waals surface area contributed by atoms with Crippen LogP contribution in [0.15, 0.2) is 23.8 Å². The van der Waals surface area contributed by atoms with Crippen molar-refractivity contribution in [3.8, 4) is 0 Å². The first-order chi connectivity index (χ1) is 18.2. The predicted molar refractivity (Wildman–Crippen MR) is 138 cm³/mol. The zero-order valence-corrected chi connectivity index (χ0v) is 23.1. The zero-order chi connectivity index (χ0) is 29.0. The average Bonchev–Trinajstić information content (AvgIpc) is 3.12. The van der Waals surface area contributed by atoms with Crippen LogP contribution < -0.4 is 0 Å². The fraction of sp³-hybridized carbons (Fsp3) is 0.733. The molecule has 9 heteroatoms. The summed E-state index contributed by atoms with van der Waals surface area (Å²) in [5.74, 6) is -5.57. The van der Waals surface area contributed by atoms with E-state index in [0.717, 1.165) is 6.08 Å². The quantitative estimate of drug-likeness (QED) is 0.316. The average molecular weight is 551 g/mol. The summed E-state index contributed by atoms with van der Waals surface area (Å²) in [6.45, 7) is 6.76. The zero-order valence-electron chi connectivity index (χ0n) is 23.1. The van der Waals surface area contributed by atoms with Gasteiger partial charge in [0.15, 0.2) is 11.5 Å². The van der Waals surface area contributed by atoms with Gasteiger partial charge in [0, 0.05) is 29.6 Å². The first-order valence-electron chi connectivity index (χ1n) is 14.1. The van der Waals surface area contributed by atoms with Gasteiger partial charge in [-0.3, -0.25) is 14.4 Å². The van der Waals surface area contributed by atoms with Crippen LogP contribution in [0.3, 0.4) is 0 Å². The first kappa shape index (κ1) is 29.6. The second-order valence-electron chi connectivity index (χ2n) is 12.5. The fourth-order valence-electron chi connectivity index (χ4n) is 8.83. The maximum atomic E-state index is 17.5. The lowest BCUT2D eigenvalue weighted by Gasteiger charge is -2.64. The van der Waals surface area contributed by atoms with E-state index in [-0.39, 0.29) is 50.5 Å². The summed E-state index contributed by atoms with van der Waals surface area (Å²) in [4.78, 5) is 49.1. The molecule has 0 amide bonds. The van der Waals surface area contributed by atoms with Crippen LogP contribution in [0.4, 0.5) is 8.78 Å². The highest BCUT2D eigenvalue weighted by atomic mass is 19.1. The molecule has 0 aliphatic heterocycles. The largest absolute Gasteiger partial charge is 0.481 e. The molecule has 0 heterocycles. The Labute approximate surface area is 228 Å². The number of rotatable bonds is 9. The molecule has 10 atom stereocenters. The highest BCUT2D eigenvalue weighted by Crippen LogP contribution is 2.72. The van der Waals surface area contributed by atoms with Crippen molar-refractivity contribution in [3.63, 3.8) is 0 Å². The number of hydrogen-bond acceptors (Lipinski definition) is 6. The topological polar surface area (TPSA) is 118 Å². The van der Waals surface area contributed by atoms with Crippen molar-refractivity contribution in [2.45, 2.75) is 103 Å². The summed E-state index contributed by atoms with van der Waals surface area (Å²) in [5.41, 5.74) is -6.62. The third-order valence-corrected chi connectivity index (χ3v) is 10.6. The van der Waals surface area contributed by atoms with Crippen molar-refractivity contribution in [2.75, 3.05) is 0 Å². The molecule has 0 saturated heterocycles. The summed E-state index contributed by atoms with van der Waals surface area (Å²) in [5, 5.41) is 22.1. The van der Waals surface area contributed by atoms with Crippen molar-refractivity contribution in [2.24, 2.45) is 34.5 Å². The highest BCUT2D eigenvalue weighted by Gasteiger charge is 2.77. The van der Waals surface area contributed by atoms with Crippen molar-refractivity contribution >= 4 is 24.0 Å². The number of ether oxygens (including phenoxy) is 1. The number of aliphatic hydroxyl groups excluding tert-OH is 1. The number of ketones is 1. The van der Waals surface area contributed by atoms with Gasteiger partial charge in [-0.05, 0) is 75.0 Å².